The first-order valence-electron chi connectivity index (χ1n) is 5.23. The monoisotopic (exact) mass is 285 g/mol. The third-order valence-electron chi connectivity index (χ3n) is 2.41. The van der Waals surface area contributed by atoms with E-state index in [4.69, 9.17) is 11.6 Å². The lowest BCUT2D eigenvalue weighted by Gasteiger charge is -2.05. The number of alkyl halides is 1. The van der Waals surface area contributed by atoms with E-state index >= 15 is 0 Å². The molecule has 96 valence electrons. The molecule has 2 rings (SSSR count). The third kappa shape index (κ3) is 3.10. The Bertz CT molecular complexity index is 594. The van der Waals surface area contributed by atoms with Crippen LogP contribution in [0, 0.1) is 0 Å². The second-order valence-corrected chi connectivity index (χ2v) is 5.69. The maximum Gasteiger partial charge on any atom is 0.257 e. The van der Waals surface area contributed by atoms with Crippen LogP contribution in [0.3, 0.4) is 0 Å². The molecule has 1 heterocycles. The van der Waals surface area contributed by atoms with Gasteiger partial charge in [0.1, 0.15) is 0 Å². The standard InChI is InChI=1S/C11H12ClN3O2S/c12-5-9-1-3-10(4-2-9)6-15-18(16,17)11-7-13-8-14-11/h1-4,7-8,15H,5-6H2,(H,13,14). The van der Waals surface area contributed by atoms with E-state index in [0.717, 1.165) is 11.1 Å². The van der Waals surface area contributed by atoms with Crippen LogP contribution >= 0.6 is 11.6 Å². The van der Waals surface area contributed by atoms with Crippen molar-refractivity contribution >= 4 is 21.6 Å². The molecule has 0 unspecified atom stereocenters. The van der Waals surface area contributed by atoms with Gasteiger partial charge in [0.15, 0.2) is 5.03 Å². The number of hydrogen-bond donors (Lipinski definition) is 2. The maximum atomic E-state index is 11.8. The van der Waals surface area contributed by atoms with Gasteiger partial charge in [0.2, 0.25) is 0 Å². The van der Waals surface area contributed by atoms with Gasteiger partial charge >= 0.3 is 0 Å². The Balaban J connectivity index is 2.03. The zero-order chi connectivity index (χ0) is 13.0. The normalized spacial score (nSPS) is 11.6. The van der Waals surface area contributed by atoms with Crippen LogP contribution in [0.25, 0.3) is 0 Å². The number of rotatable bonds is 5. The molecule has 0 fully saturated rings. The van der Waals surface area contributed by atoms with E-state index < -0.39 is 10.0 Å². The average molecular weight is 286 g/mol. The lowest BCUT2D eigenvalue weighted by Crippen LogP contribution is -2.23. The second-order valence-electron chi connectivity index (χ2n) is 3.69. The first-order valence-corrected chi connectivity index (χ1v) is 7.25. The van der Waals surface area contributed by atoms with Crippen molar-refractivity contribution in [2.24, 2.45) is 0 Å². The molecule has 0 aliphatic rings. The zero-order valence-corrected chi connectivity index (χ0v) is 11.0. The molecule has 18 heavy (non-hydrogen) atoms. The summed E-state index contributed by atoms with van der Waals surface area (Å²) in [6, 6.07) is 7.42. The summed E-state index contributed by atoms with van der Waals surface area (Å²) < 4.78 is 26.1. The fourth-order valence-corrected chi connectivity index (χ4v) is 2.49. The molecular formula is C11H12ClN3O2S. The number of H-pyrrole nitrogens is 1. The highest BCUT2D eigenvalue weighted by Gasteiger charge is 2.14. The lowest BCUT2D eigenvalue weighted by molar-refractivity contribution is 0.578. The summed E-state index contributed by atoms with van der Waals surface area (Å²) in [7, 11) is -3.52. The van der Waals surface area contributed by atoms with E-state index in [9.17, 15) is 8.42 Å². The van der Waals surface area contributed by atoms with E-state index in [0.29, 0.717) is 5.88 Å². The zero-order valence-electron chi connectivity index (χ0n) is 9.43. The fourth-order valence-electron chi connectivity index (χ4n) is 1.39. The Hall–Kier alpha value is -1.37. The van der Waals surface area contributed by atoms with Gasteiger partial charge in [-0.1, -0.05) is 24.3 Å². The first-order chi connectivity index (χ1) is 8.62. The van der Waals surface area contributed by atoms with Crippen molar-refractivity contribution in [1.82, 2.24) is 14.7 Å². The Kier molecular flexibility index (Phi) is 4.00. The summed E-state index contributed by atoms with van der Waals surface area (Å²) in [6.07, 6.45) is 2.59. The highest BCUT2D eigenvalue weighted by atomic mass is 35.5. The van der Waals surface area contributed by atoms with Gasteiger partial charge < -0.3 is 4.98 Å². The van der Waals surface area contributed by atoms with Crippen molar-refractivity contribution in [3.8, 4) is 0 Å². The van der Waals surface area contributed by atoms with Crippen LogP contribution in [0.5, 0.6) is 0 Å². The number of imidazole rings is 1. The summed E-state index contributed by atoms with van der Waals surface area (Å²) in [4.78, 5) is 6.23. The quantitative estimate of drug-likeness (QED) is 0.820. The molecule has 0 radical (unpaired) electrons. The topological polar surface area (TPSA) is 74.8 Å². The van der Waals surface area contributed by atoms with Crippen LogP contribution in [0.15, 0.2) is 41.8 Å². The molecule has 2 aromatic rings. The number of sulfonamides is 1. The number of aromatic nitrogens is 2. The molecule has 7 heteroatoms. The highest BCUT2D eigenvalue weighted by Crippen LogP contribution is 2.08. The Labute approximate surface area is 110 Å². The first kappa shape index (κ1) is 13.1. The molecule has 2 N–H and O–H groups in total. The Morgan fingerprint density at radius 2 is 1.89 bits per heavy atom. The minimum atomic E-state index is -3.52. The molecule has 5 nitrogen and oxygen atoms in total. The molecule has 0 saturated carbocycles. The van der Waals surface area contributed by atoms with E-state index in [1.165, 1.54) is 12.5 Å². The van der Waals surface area contributed by atoms with Gasteiger partial charge in [0, 0.05) is 12.4 Å². The van der Waals surface area contributed by atoms with Crippen molar-refractivity contribution in [3.63, 3.8) is 0 Å². The minimum Gasteiger partial charge on any atom is -0.335 e. The Morgan fingerprint density at radius 1 is 1.22 bits per heavy atom. The van der Waals surface area contributed by atoms with Crippen LogP contribution in [0.2, 0.25) is 0 Å². The van der Waals surface area contributed by atoms with Crippen molar-refractivity contribution in [2.45, 2.75) is 17.5 Å². The Morgan fingerprint density at radius 3 is 2.44 bits per heavy atom. The molecule has 0 atom stereocenters. The largest absolute Gasteiger partial charge is 0.335 e. The molecule has 1 aromatic heterocycles. The molecule has 0 amide bonds. The van der Waals surface area contributed by atoms with Gasteiger partial charge in [-0.15, -0.1) is 11.6 Å². The smallest absolute Gasteiger partial charge is 0.257 e. The van der Waals surface area contributed by atoms with Crippen LogP contribution < -0.4 is 4.72 Å². The van der Waals surface area contributed by atoms with Crippen LogP contribution in [0.1, 0.15) is 11.1 Å². The van der Waals surface area contributed by atoms with E-state index in [2.05, 4.69) is 14.7 Å². The summed E-state index contributed by atoms with van der Waals surface area (Å²) >= 11 is 5.67. The van der Waals surface area contributed by atoms with Crippen LogP contribution in [-0.2, 0) is 22.4 Å². The summed E-state index contributed by atoms with van der Waals surface area (Å²) in [5, 5.41) is 0.0554. The number of nitrogens with one attached hydrogen (secondary N) is 2. The summed E-state index contributed by atoms with van der Waals surface area (Å²) in [6.45, 7) is 0.226. The molecule has 0 aliphatic carbocycles. The fraction of sp³-hybridized carbons (Fsp3) is 0.182. The SMILES string of the molecule is O=S(=O)(NCc1ccc(CCl)cc1)c1cnc[nH]1. The van der Waals surface area contributed by atoms with Gasteiger partial charge in [0.25, 0.3) is 10.0 Å². The van der Waals surface area contributed by atoms with Gasteiger partial charge in [-0.3, -0.25) is 0 Å². The van der Waals surface area contributed by atoms with Crippen molar-refractivity contribution in [3.05, 3.63) is 47.9 Å². The van der Waals surface area contributed by atoms with Gasteiger partial charge in [-0.05, 0) is 11.1 Å². The minimum absolute atomic E-state index is 0.0554. The molecule has 0 spiro atoms. The second kappa shape index (κ2) is 5.51. The molecule has 0 bridgehead atoms. The maximum absolute atomic E-state index is 11.8. The van der Waals surface area contributed by atoms with Crippen molar-refractivity contribution in [2.75, 3.05) is 0 Å². The molecule has 0 aliphatic heterocycles. The summed E-state index contributed by atoms with van der Waals surface area (Å²) in [5.74, 6) is 0.445. The number of benzene rings is 1. The van der Waals surface area contributed by atoms with Crippen LogP contribution in [0.4, 0.5) is 0 Å². The third-order valence-corrected chi connectivity index (χ3v) is 4.04. The number of halogens is 1. The number of nitrogens with zero attached hydrogens (tertiary/aromatic N) is 1. The van der Waals surface area contributed by atoms with Crippen molar-refractivity contribution in [1.29, 1.82) is 0 Å². The van der Waals surface area contributed by atoms with Crippen molar-refractivity contribution < 1.29 is 8.42 Å². The molecule has 0 saturated heterocycles. The predicted octanol–water partition coefficient (Wildman–Crippen LogP) is 1.63. The van der Waals surface area contributed by atoms with Gasteiger partial charge in [-0.2, -0.15) is 0 Å². The van der Waals surface area contributed by atoms with Gasteiger partial charge in [0.05, 0.1) is 12.5 Å². The van der Waals surface area contributed by atoms with Crippen LogP contribution in [-0.4, -0.2) is 18.4 Å². The van der Waals surface area contributed by atoms with E-state index in [1.54, 1.807) is 0 Å². The number of hydrogen-bond acceptors (Lipinski definition) is 3. The molecule has 1 aromatic carbocycles. The number of aromatic amines is 1. The van der Waals surface area contributed by atoms with E-state index in [-0.39, 0.29) is 11.6 Å². The van der Waals surface area contributed by atoms with E-state index in [1.807, 2.05) is 24.3 Å². The predicted molar refractivity (Wildman–Crippen MR) is 68.6 cm³/mol. The summed E-state index contributed by atoms with van der Waals surface area (Å²) in [5.41, 5.74) is 1.86. The molecular weight excluding hydrogens is 274 g/mol. The van der Waals surface area contributed by atoms with Gasteiger partial charge in [-0.25, -0.2) is 18.1 Å². The highest BCUT2D eigenvalue weighted by molar-refractivity contribution is 7.89. The average Bonchev–Trinajstić information content (AvgIpc) is 2.92. The lowest BCUT2D eigenvalue weighted by atomic mass is 10.1.